The zero-order valence-electron chi connectivity index (χ0n) is 11.1. The molecule has 1 atom stereocenters. The van der Waals surface area contributed by atoms with Crippen molar-refractivity contribution in [2.45, 2.75) is 46.6 Å². The summed E-state index contributed by atoms with van der Waals surface area (Å²) >= 11 is 0. The van der Waals surface area contributed by atoms with Crippen LogP contribution in [0.3, 0.4) is 0 Å². The van der Waals surface area contributed by atoms with E-state index in [9.17, 15) is 9.36 Å². The summed E-state index contributed by atoms with van der Waals surface area (Å²) in [4.78, 5) is 10.8. The average molecular weight is 266 g/mol. The van der Waals surface area contributed by atoms with Crippen molar-refractivity contribution in [2.75, 3.05) is 19.4 Å². The molecule has 0 fully saturated rings. The highest BCUT2D eigenvalue weighted by atomic mass is 31.2. The number of carbonyl (C=O) groups is 1. The molecule has 0 saturated heterocycles. The first-order valence-corrected chi connectivity index (χ1v) is 7.71. The van der Waals surface area contributed by atoms with E-state index in [1.165, 1.54) is 6.92 Å². The number of carbonyl (C=O) groups excluding carboxylic acids is 1. The van der Waals surface area contributed by atoms with Gasteiger partial charge >= 0.3 is 13.6 Å². The fourth-order valence-electron chi connectivity index (χ4n) is 1.24. The summed E-state index contributed by atoms with van der Waals surface area (Å²) in [7, 11) is -3.14. The molecule has 0 heterocycles. The van der Waals surface area contributed by atoms with Gasteiger partial charge in [0.1, 0.15) is 6.10 Å². The molecular formula is C11H23O5P. The largest absolute Gasteiger partial charge is 0.462 e. The smallest absolute Gasteiger partial charge is 0.334 e. The molecule has 0 aromatic heterocycles. The van der Waals surface area contributed by atoms with Gasteiger partial charge in [0.2, 0.25) is 0 Å². The van der Waals surface area contributed by atoms with Crippen molar-refractivity contribution in [3.05, 3.63) is 0 Å². The maximum Gasteiger partial charge on any atom is 0.334 e. The number of esters is 1. The molecule has 0 radical (unpaired) electrons. The minimum absolute atomic E-state index is 0.104. The molecule has 0 N–H and O–H groups in total. The molecule has 17 heavy (non-hydrogen) atoms. The third kappa shape index (κ3) is 8.36. The zero-order chi connectivity index (χ0) is 13.3. The van der Waals surface area contributed by atoms with Gasteiger partial charge in [0, 0.05) is 6.92 Å². The molecule has 0 bridgehead atoms. The highest BCUT2D eigenvalue weighted by Crippen LogP contribution is 2.49. The molecular weight excluding hydrogens is 243 g/mol. The highest BCUT2D eigenvalue weighted by molar-refractivity contribution is 7.53. The normalized spacial score (nSPS) is 13.4. The lowest BCUT2D eigenvalue weighted by atomic mass is 10.5. The van der Waals surface area contributed by atoms with Gasteiger partial charge in [-0.05, 0) is 19.8 Å². The summed E-state index contributed by atoms with van der Waals surface area (Å²) < 4.78 is 27.8. The fraction of sp³-hybridized carbons (Fsp3) is 0.909. The molecule has 0 unspecified atom stereocenters. The fourth-order valence-corrected chi connectivity index (χ4v) is 3.15. The summed E-state index contributed by atoms with van der Waals surface area (Å²) in [6, 6.07) is 0. The predicted octanol–water partition coefficient (Wildman–Crippen LogP) is 2.98. The molecule has 5 nitrogen and oxygen atoms in total. The van der Waals surface area contributed by atoms with Crippen LogP contribution in [-0.2, 0) is 23.1 Å². The SMILES string of the molecule is CCCOP(=O)(C[C@@H](C)OC(C)=O)OCCC. The van der Waals surface area contributed by atoms with Crippen LogP contribution < -0.4 is 0 Å². The van der Waals surface area contributed by atoms with E-state index in [4.69, 9.17) is 13.8 Å². The van der Waals surface area contributed by atoms with Crippen molar-refractivity contribution >= 4 is 13.6 Å². The number of ether oxygens (including phenoxy) is 1. The minimum atomic E-state index is -3.14. The first-order chi connectivity index (χ1) is 7.93. The molecule has 0 amide bonds. The van der Waals surface area contributed by atoms with E-state index in [-0.39, 0.29) is 6.16 Å². The van der Waals surface area contributed by atoms with Crippen LogP contribution in [0, 0.1) is 0 Å². The molecule has 0 aromatic rings. The van der Waals surface area contributed by atoms with Gasteiger partial charge in [-0.2, -0.15) is 0 Å². The van der Waals surface area contributed by atoms with Crippen LogP contribution >= 0.6 is 7.60 Å². The molecule has 0 aromatic carbocycles. The van der Waals surface area contributed by atoms with E-state index >= 15 is 0 Å². The third-order valence-electron chi connectivity index (χ3n) is 1.83. The van der Waals surface area contributed by atoms with Crippen LogP contribution in [-0.4, -0.2) is 31.4 Å². The average Bonchev–Trinajstić information content (AvgIpc) is 2.22. The Labute approximate surface area is 103 Å². The molecule has 0 rings (SSSR count). The molecule has 0 spiro atoms. The maximum atomic E-state index is 12.3. The topological polar surface area (TPSA) is 61.8 Å². The molecule has 102 valence electrons. The Kier molecular flexibility index (Phi) is 8.48. The summed E-state index contributed by atoms with van der Waals surface area (Å²) in [5, 5.41) is 0. The van der Waals surface area contributed by atoms with E-state index in [2.05, 4.69) is 0 Å². The van der Waals surface area contributed by atoms with Crippen molar-refractivity contribution in [1.29, 1.82) is 0 Å². The standard InChI is InChI=1S/C11H23O5P/c1-5-7-14-17(13,15-8-6-2)9-10(3)16-11(4)12/h10H,5-9H2,1-4H3/t10-/m1/s1. The van der Waals surface area contributed by atoms with E-state index in [0.717, 1.165) is 12.8 Å². The number of hydrogen-bond donors (Lipinski definition) is 0. The molecule has 6 heteroatoms. The van der Waals surface area contributed by atoms with Gasteiger partial charge < -0.3 is 13.8 Å². The Morgan fingerprint density at radius 1 is 1.18 bits per heavy atom. The lowest BCUT2D eigenvalue weighted by Crippen LogP contribution is -2.18. The van der Waals surface area contributed by atoms with Crippen LogP contribution in [0.25, 0.3) is 0 Å². The number of rotatable bonds is 9. The van der Waals surface area contributed by atoms with Gasteiger partial charge in [-0.25, -0.2) is 0 Å². The van der Waals surface area contributed by atoms with E-state index in [1.807, 2.05) is 13.8 Å². The Morgan fingerprint density at radius 3 is 2.00 bits per heavy atom. The van der Waals surface area contributed by atoms with Crippen molar-refractivity contribution in [3.63, 3.8) is 0 Å². The molecule has 0 aliphatic heterocycles. The molecule has 0 aliphatic rings. The third-order valence-corrected chi connectivity index (χ3v) is 3.95. The van der Waals surface area contributed by atoms with Gasteiger partial charge in [0.05, 0.1) is 19.4 Å². The van der Waals surface area contributed by atoms with Gasteiger partial charge in [0.15, 0.2) is 0 Å². The highest BCUT2D eigenvalue weighted by Gasteiger charge is 2.28. The van der Waals surface area contributed by atoms with E-state index in [1.54, 1.807) is 6.92 Å². The quantitative estimate of drug-likeness (QED) is 0.474. The molecule has 0 saturated carbocycles. The lowest BCUT2D eigenvalue weighted by Gasteiger charge is -2.21. The Bertz CT molecular complexity index is 255. The maximum absolute atomic E-state index is 12.3. The summed E-state index contributed by atoms with van der Waals surface area (Å²) in [6.45, 7) is 7.63. The van der Waals surface area contributed by atoms with E-state index in [0.29, 0.717) is 13.2 Å². The summed E-state index contributed by atoms with van der Waals surface area (Å²) in [6.07, 6.45) is 1.17. The van der Waals surface area contributed by atoms with Gasteiger partial charge in [-0.15, -0.1) is 0 Å². The predicted molar refractivity (Wildman–Crippen MR) is 66.2 cm³/mol. The van der Waals surface area contributed by atoms with Gasteiger partial charge in [-0.1, -0.05) is 13.8 Å². The first kappa shape index (κ1) is 16.6. The Hall–Kier alpha value is -0.380. The Balaban J connectivity index is 4.35. The van der Waals surface area contributed by atoms with E-state index < -0.39 is 19.7 Å². The van der Waals surface area contributed by atoms with Crippen LogP contribution in [0.4, 0.5) is 0 Å². The van der Waals surface area contributed by atoms with Crippen molar-refractivity contribution in [1.82, 2.24) is 0 Å². The molecule has 0 aliphatic carbocycles. The number of hydrogen-bond acceptors (Lipinski definition) is 5. The van der Waals surface area contributed by atoms with Crippen molar-refractivity contribution in [2.24, 2.45) is 0 Å². The Morgan fingerprint density at radius 2 is 1.65 bits per heavy atom. The van der Waals surface area contributed by atoms with Crippen molar-refractivity contribution < 1.29 is 23.1 Å². The van der Waals surface area contributed by atoms with Crippen LogP contribution in [0.15, 0.2) is 0 Å². The van der Waals surface area contributed by atoms with Gasteiger partial charge in [0.25, 0.3) is 0 Å². The van der Waals surface area contributed by atoms with Crippen LogP contribution in [0.2, 0.25) is 0 Å². The van der Waals surface area contributed by atoms with Crippen molar-refractivity contribution in [3.8, 4) is 0 Å². The van der Waals surface area contributed by atoms with Crippen LogP contribution in [0.1, 0.15) is 40.5 Å². The summed E-state index contributed by atoms with van der Waals surface area (Å²) in [5.41, 5.74) is 0. The van der Waals surface area contributed by atoms with Gasteiger partial charge in [-0.3, -0.25) is 9.36 Å². The monoisotopic (exact) mass is 266 g/mol. The summed E-state index contributed by atoms with van der Waals surface area (Å²) in [5.74, 6) is -0.393. The second kappa shape index (κ2) is 8.67. The minimum Gasteiger partial charge on any atom is -0.462 e. The second-order valence-electron chi connectivity index (χ2n) is 3.88. The first-order valence-electron chi connectivity index (χ1n) is 5.99. The lowest BCUT2D eigenvalue weighted by molar-refractivity contribution is -0.144. The zero-order valence-corrected chi connectivity index (χ0v) is 12.0. The second-order valence-corrected chi connectivity index (χ2v) is 5.98. The van der Waals surface area contributed by atoms with Crippen LogP contribution in [0.5, 0.6) is 0 Å².